The maximum atomic E-state index is 15.2. The molecule has 3 aromatic heterocycles. The van der Waals surface area contributed by atoms with E-state index in [2.05, 4.69) is 29.8 Å². The van der Waals surface area contributed by atoms with E-state index < -0.39 is 17.5 Å². The van der Waals surface area contributed by atoms with Crippen LogP contribution in [-0.2, 0) is 0 Å². The molecule has 0 spiro atoms. The van der Waals surface area contributed by atoms with Gasteiger partial charge in [0.1, 0.15) is 47.6 Å². The highest BCUT2D eigenvalue weighted by Crippen LogP contribution is 2.42. The Balaban J connectivity index is 1.44. The summed E-state index contributed by atoms with van der Waals surface area (Å²) in [6.45, 7) is 3.93. The lowest BCUT2D eigenvalue weighted by Gasteiger charge is -2.31. The number of alkyl halides is 1. The first kappa shape index (κ1) is 23.3. The molecule has 0 aliphatic carbocycles. The zero-order valence-corrected chi connectivity index (χ0v) is 20.4. The minimum absolute atomic E-state index is 0.0284. The predicted molar refractivity (Wildman–Crippen MR) is 129 cm³/mol. The van der Waals surface area contributed by atoms with Crippen molar-refractivity contribution in [2.75, 3.05) is 43.5 Å². The zero-order valence-electron chi connectivity index (χ0n) is 19.6. The Kier molecular flexibility index (Phi) is 5.67. The highest BCUT2D eigenvalue weighted by Gasteiger charge is 2.49. The van der Waals surface area contributed by atoms with Crippen molar-refractivity contribution in [3.63, 3.8) is 0 Å². The average Bonchev–Trinajstić information content (AvgIpc) is 3.32. The van der Waals surface area contributed by atoms with Crippen LogP contribution in [0.15, 0.2) is 12.4 Å². The molecule has 6 rings (SSSR count). The van der Waals surface area contributed by atoms with Crippen molar-refractivity contribution in [2.24, 2.45) is 0 Å². The van der Waals surface area contributed by atoms with E-state index in [-0.39, 0.29) is 53.0 Å². The number of nitrogen functional groups attached to an aromatic ring is 1. The van der Waals surface area contributed by atoms with Crippen LogP contribution >= 0.6 is 11.6 Å². The lowest BCUT2D eigenvalue weighted by molar-refractivity contribution is 0.107. The lowest BCUT2D eigenvalue weighted by Crippen LogP contribution is -2.43. The number of hydrogen-bond donors (Lipinski definition) is 1. The Bertz CT molecular complexity index is 1330. The average molecular weight is 519 g/mol. The van der Waals surface area contributed by atoms with Gasteiger partial charge in [-0.1, -0.05) is 11.6 Å². The summed E-state index contributed by atoms with van der Waals surface area (Å²) in [6.07, 6.45) is 4.37. The topological polar surface area (TPSA) is 115 Å². The highest BCUT2D eigenvalue weighted by molar-refractivity contribution is 6.30. The third-order valence-corrected chi connectivity index (χ3v) is 7.62. The van der Waals surface area contributed by atoms with Gasteiger partial charge in [-0.05, 0) is 26.3 Å². The van der Waals surface area contributed by atoms with Crippen molar-refractivity contribution in [3.05, 3.63) is 29.1 Å². The van der Waals surface area contributed by atoms with Crippen molar-refractivity contribution >= 4 is 34.1 Å². The number of pyridine rings is 1. The molecule has 0 radical (unpaired) electrons. The van der Waals surface area contributed by atoms with Gasteiger partial charge in [-0.3, -0.25) is 9.88 Å². The van der Waals surface area contributed by atoms with Gasteiger partial charge in [0.25, 0.3) is 0 Å². The van der Waals surface area contributed by atoms with Crippen LogP contribution in [0.4, 0.5) is 20.4 Å². The SMILES string of the molecule is C[C@H](c1nccnc1N)N1CCOc2nc(Cl)c(F)c3nc(OC[C@@]45CCCN4C[C@H](F)C5)nc1c23. The molecule has 2 fully saturated rings. The number of ether oxygens (including phenoxy) is 2. The Morgan fingerprint density at radius 3 is 2.94 bits per heavy atom. The maximum Gasteiger partial charge on any atom is 0.319 e. The van der Waals surface area contributed by atoms with Crippen molar-refractivity contribution in [3.8, 4) is 11.9 Å². The number of aromatic nitrogens is 5. The van der Waals surface area contributed by atoms with Crippen molar-refractivity contribution in [2.45, 2.75) is 43.9 Å². The summed E-state index contributed by atoms with van der Waals surface area (Å²) in [5, 5.41) is -0.0780. The van der Waals surface area contributed by atoms with Crippen LogP contribution in [0, 0.1) is 5.82 Å². The van der Waals surface area contributed by atoms with E-state index >= 15 is 4.39 Å². The quantitative estimate of drug-likeness (QED) is 0.505. The first-order valence-electron chi connectivity index (χ1n) is 11.9. The molecule has 0 bridgehead atoms. The first-order chi connectivity index (χ1) is 17.4. The fraction of sp³-hybridized carbons (Fsp3) is 0.522. The van der Waals surface area contributed by atoms with Crippen LogP contribution < -0.4 is 20.1 Å². The van der Waals surface area contributed by atoms with Crippen LogP contribution in [-0.4, -0.2) is 74.4 Å². The molecular weight excluding hydrogens is 494 g/mol. The Morgan fingerprint density at radius 2 is 2.11 bits per heavy atom. The second kappa shape index (κ2) is 8.77. The number of anilines is 2. The summed E-state index contributed by atoms with van der Waals surface area (Å²) in [5.74, 6) is -0.0264. The summed E-state index contributed by atoms with van der Waals surface area (Å²) in [5.41, 5.74) is 6.17. The van der Waals surface area contributed by atoms with Gasteiger partial charge in [-0.2, -0.15) is 15.0 Å². The molecule has 0 unspecified atom stereocenters. The van der Waals surface area contributed by atoms with Crippen LogP contribution in [0.25, 0.3) is 10.9 Å². The molecule has 6 heterocycles. The summed E-state index contributed by atoms with van der Waals surface area (Å²) in [6, 6.07) is -0.414. The molecule has 13 heteroatoms. The molecular formula is C23H25ClF2N8O2. The smallest absolute Gasteiger partial charge is 0.319 e. The van der Waals surface area contributed by atoms with Gasteiger partial charge in [0.2, 0.25) is 5.88 Å². The van der Waals surface area contributed by atoms with Gasteiger partial charge in [0.05, 0.1) is 18.1 Å². The number of hydrogen-bond acceptors (Lipinski definition) is 10. The standard InChI is InChI=1S/C23H25ClF2N8O2/c1-12(16-19(27)29-5-4-28-16)34-7-8-35-21-14-17(15(26)18(24)31-21)30-22(32-20(14)34)36-11-23-3-2-6-33(23)10-13(25)9-23/h4-5,12-13H,2-3,6-11H2,1H3,(H2,27,29)/t12-,13-,23+/m1/s1. The minimum atomic E-state index is -0.896. The van der Waals surface area contributed by atoms with E-state index in [1.165, 1.54) is 6.20 Å². The van der Waals surface area contributed by atoms with E-state index in [0.29, 0.717) is 31.0 Å². The van der Waals surface area contributed by atoms with Crippen molar-refractivity contribution in [1.29, 1.82) is 0 Å². The molecule has 0 amide bonds. The third-order valence-electron chi connectivity index (χ3n) is 7.37. The van der Waals surface area contributed by atoms with Gasteiger partial charge < -0.3 is 20.1 Å². The number of nitrogens with zero attached hydrogens (tertiary/aromatic N) is 7. The number of nitrogens with two attached hydrogens (primary N) is 1. The molecule has 2 saturated heterocycles. The molecule has 2 N–H and O–H groups in total. The number of halogens is 3. The minimum Gasteiger partial charge on any atom is -0.475 e. The second-order valence-electron chi connectivity index (χ2n) is 9.48. The summed E-state index contributed by atoms with van der Waals surface area (Å²) in [7, 11) is 0. The fourth-order valence-corrected chi connectivity index (χ4v) is 5.82. The first-order valence-corrected chi connectivity index (χ1v) is 12.3. The van der Waals surface area contributed by atoms with E-state index in [1.807, 2.05) is 11.8 Å². The predicted octanol–water partition coefficient (Wildman–Crippen LogP) is 3.10. The van der Waals surface area contributed by atoms with Crippen molar-refractivity contribution < 1.29 is 18.3 Å². The molecule has 10 nitrogen and oxygen atoms in total. The molecule has 3 aliphatic heterocycles. The zero-order chi connectivity index (χ0) is 25.0. The van der Waals surface area contributed by atoms with Gasteiger partial charge in [-0.15, -0.1) is 0 Å². The Labute approximate surface area is 210 Å². The number of fused-ring (bicyclic) bond motifs is 1. The monoisotopic (exact) mass is 518 g/mol. The van der Waals surface area contributed by atoms with Gasteiger partial charge in [0.15, 0.2) is 11.0 Å². The van der Waals surface area contributed by atoms with Crippen LogP contribution in [0.1, 0.15) is 37.9 Å². The van der Waals surface area contributed by atoms with Crippen LogP contribution in [0.3, 0.4) is 0 Å². The van der Waals surface area contributed by atoms with E-state index in [0.717, 1.165) is 19.4 Å². The summed E-state index contributed by atoms with van der Waals surface area (Å²) in [4.78, 5) is 25.7. The van der Waals surface area contributed by atoms with E-state index in [9.17, 15) is 4.39 Å². The molecule has 3 atom stereocenters. The highest BCUT2D eigenvalue weighted by atomic mass is 35.5. The molecule has 0 aromatic carbocycles. The molecule has 3 aromatic rings. The van der Waals surface area contributed by atoms with Crippen LogP contribution in [0.5, 0.6) is 11.9 Å². The largest absolute Gasteiger partial charge is 0.475 e. The molecule has 36 heavy (non-hydrogen) atoms. The van der Waals surface area contributed by atoms with Crippen molar-refractivity contribution in [1.82, 2.24) is 29.8 Å². The van der Waals surface area contributed by atoms with E-state index in [4.69, 9.17) is 26.8 Å². The summed E-state index contributed by atoms with van der Waals surface area (Å²) >= 11 is 6.07. The van der Waals surface area contributed by atoms with E-state index in [1.54, 1.807) is 6.20 Å². The lowest BCUT2D eigenvalue weighted by atomic mass is 9.95. The normalized spacial score (nSPS) is 24.4. The van der Waals surface area contributed by atoms with Gasteiger partial charge >= 0.3 is 6.01 Å². The molecule has 0 saturated carbocycles. The van der Waals surface area contributed by atoms with Gasteiger partial charge in [0, 0.05) is 25.4 Å². The number of rotatable bonds is 5. The molecule has 3 aliphatic rings. The Morgan fingerprint density at radius 1 is 1.28 bits per heavy atom. The fourth-order valence-electron chi connectivity index (χ4n) is 5.65. The second-order valence-corrected chi connectivity index (χ2v) is 9.84. The molecule has 190 valence electrons. The Hall–Kier alpha value is -3.12. The summed E-state index contributed by atoms with van der Waals surface area (Å²) < 4.78 is 41.3. The third kappa shape index (κ3) is 3.74. The van der Waals surface area contributed by atoms with Crippen LogP contribution in [0.2, 0.25) is 5.15 Å². The maximum absolute atomic E-state index is 15.2. The van der Waals surface area contributed by atoms with Gasteiger partial charge in [-0.25, -0.2) is 13.8 Å².